The summed E-state index contributed by atoms with van der Waals surface area (Å²) in [7, 11) is 0. The fourth-order valence-electron chi connectivity index (χ4n) is 1.99. The Morgan fingerprint density at radius 2 is 2.29 bits per heavy atom. The number of hydrogen-bond donors (Lipinski definition) is 0. The lowest BCUT2D eigenvalue weighted by molar-refractivity contribution is -0.130. The van der Waals surface area contributed by atoms with Crippen molar-refractivity contribution in [2.75, 3.05) is 18.8 Å². The van der Waals surface area contributed by atoms with Gasteiger partial charge in [0.2, 0.25) is 5.91 Å². The van der Waals surface area contributed by atoms with Gasteiger partial charge in [-0.3, -0.25) is 4.79 Å². The van der Waals surface area contributed by atoms with Crippen molar-refractivity contribution in [1.29, 1.82) is 0 Å². The highest BCUT2D eigenvalue weighted by Gasteiger charge is 2.20. The molecule has 1 aromatic heterocycles. The smallest absolute Gasteiger partial charge is 0.233 e. The summed E-state index contributed by atoms with van der Waals surface area (Å²) in [6.45, 7) is 4.00. The summed E-state index contributed by atoms with van der Waals surface area (Å²) >= 11 is 1.41. The minimum atomic E-state index is 0.203. The highest BCUT2D eigenvalue weighted by molar-refractivity contribution is 7.99. The predicted molar refractivity (Wildman–Crippen MR) is 67.7 cm³/mol. The first-order chi connectivity index (χ1) is 8.25. The Labute approximate surface area is 106 Å². The number of nitrogens with zero attached hydrogens (tertiary/aromatic N) is 3. The third-order valence-corrected chi connectivity index (χ3v) is 3.74. The van der Waals surface area contributed by atoms with Crippen LogP contribution in [0.2, 0.25) is 0 Å². The van der Waals surface area contributed by atoms with Gasteiger partial charge in [-0.2, -0.15) is 0 Å². The van der Waals surface area contributed by atoms with Crippen LogP contribution in [0.25, 0.3) is 0 Å². The molecule has 92 valence electrons. The van der Waals surface area contributed by atoms with Crippen LogP contribution in [0.3, 0.4) is 0 Å². The average Bonchev–Trinajstić information content (AvgIpc) is 2.37. The lowest BCUT2D eigenvalue weighted by Crippen LogP contribution is -2.40. The molecule has 1 amide bonds. The van der Waals surface area contributed by atoms with E-state index in [1.54, 1.807) is 18.5 Å². The first-order valence-electron chi connectivity index (χ1n) is 5.93. The monoisotopic (exact) mass is 251 g/mol. The number of hydrogen-bond acceptors (Lipinski definition) is 4. The van der Waals surface area contributed by atoms with Gasteiger partial charge >= 0.3 is 0 Å². The number of amides is 1. The molecule has 0 radical (unpaired) electrons. The molecule has 1 aliphatic rings. The standard InChI is InChI=1S/C12H17N3OS/c1-10-4-2-7-15(8-10)11(16)9-17-12-13-5-3-6-14-12/h3,5-6,10H,2,4,7-9H2,1H3/t10-/m0/s1. The lowest BCUT2D eigenvalue weighted by Gasteiger charge is -2.30. The van der Waals surface area contributed by atoms with Gasteiger partial charge in [-0.15, -0.1) is 0 Å². The van der Waals surface area contributed by atoms with Gasteiger partial charge < -0.3 is 4.90 Å². The molecular weight excluding hydrogens is 234 g/mol. The van der Waals surface area contributed by atoms with Crippen molar-refractivity contribution < 1.29 is 4.79 Å². The van der Waals surface area contributed by atoms with Crippen LogP contribution in [0.5, 0.6) is 0 Å². The Balaban J connectivity index is 1.81. The molecule has 0 spiro atoms. The third kappa shape index (κ3) is 3.70. The summed E-state index contributed by atoms with van der Waals surface area (Å²) < 4.78 is 0. The van der Waals surface area contributed by atoms with Gasteiger partial charge in [0.1, 0.15) is 0 Å². The van der Waals surface area contributed by atoms with Crippen molar-refractivity contribution in [2.45, 2.75) is 24.9 Å². The normalized spacial score (nSPS) is 20.3. The fourth-order valence-corrected chi connectivity index (χ4v) is 2.70. The molecule has 0 unspecified atom stereocenters. The molecule has 5 heteroatoms. The molecule has 1 aromatic rings. The van der Waals surface area contributed by atoms with Crippen LogP contribution in [-0.2, 0) is 4.79 Å². The van der Waals surface area contributed by atoms with Crippen LogP contribution in [0, 0.1) is 5.92 Å². The Hall–Kier alpha value is -1.10. The summed E-state index contributed by atoms with van der Waals surface area (Å²) in [6.07, 6.45) is 5.75. The SMILES string of the molecule is C[C@H]1CCCN(C(=O)CSc2ncccn2)C1. The number of likely N-dealkylation sites (tertiary alicyclic amines) is 1. The van der Waals surface area contributed by atoms with E-state index in [0.717, 1.165) is 19.5 Å². The molecule has 0 N–H and O–H groups in total. The van der Waals surface area contributed by atoms with E-state index in [1.807, 2.05) is 4.90 Å². The zero-order valence-corrected chi connectivity index (χ0v) is 10.8. The molecule has 2 heterocycles. The third-order valence-electron chi connectivity index (χ3n) is 2.88. The van der Waals surface area contributed by atoms with Crippen molar-refractivity contribution in [3.63, 3.8) is 0 Å². The van der Waals surface area contributed by atoms with E-state index in [-0.39, 0.29) is 5.91 Å². The van der Waals surface area contributed by atoms with Crippen molar-refractivity contribution in [2.24, 2.45) is 5.92 Å². The Bertz CT molecular complexity index is 371. The first-order valence-corrected chi connectivity index (χ1v) is 6.92. The largest absolute Gasteiger partial charge is 0.342 e. The predicted octanol–water partition coefficient (Wildman–Crippen LogP) is 1.83. The van der Waals surface area contributed by atoms with E-state index in [0.29, 0.717) is 16.8 Å². The van der Waals surface area contributed by atoms with Crippen molar-refractivity contribution in [1.82, 2.24) is 14.9 Å². The Morgan fingerprint density at radius 1 is 1.53 bits per heavy atom. The average molecular weight is 251 g/mol. The fraction of sp³-hybridized carbons (Fsp3) is 0.583. The summed E-state index contributed by atoms with van der Waals surface area (Å²) in [5, 5.41) is 0.672. The number of thioether (sulfide) groups is 1. The number of carbonyl (C=O) groups excluding carboxylic acids is 1. The van der Waals surface area contributed by atoms with Gasteiger partial charge in [-0.1, -0.05) is 18.7 Å². The second-order valence-corrected chi connectivity index (χ2v) is 5.35. The Kier molecular flexibility index (Phi) is 4.36. The molecule has 4 nitrogen and oxygen atoms in total. The first kappa shape index (κ1) is 12.4. The van der Waals surface area contributed by atoms with Gasteiger partial charge in [0, 0.05) is 25.5 Å². The van der Waals surface area contributed by atoms with Crippen LogP contribution in [0.4, 0.5) is 0 Å². The van der Waals surface area contributed by atoms with Crippen LogP contribution >= 0.6 is 11.8 Å². The van der Waals surface area contributed by atoms with Crippen LogP contribution in [0.15, 0.2) is 23.6 Å². The maximum Gasteiger partial charge on any atom is 0.233 e. The maximum absolute atomic E-state index is 12.0. The van der Waals surface area contributed by atoms with Gasteiger partial charge in [-0.05, 0) is 24.8 Å². The number of piperidine rings is 1. The van der Waals surface area contributed by atoms with Crippen molar-refractivity contribution in [3.8, 4) is 0 Å². The van der Waals surface area contributed by atoms with Crippen LogP contribution in [0.1, 0.15) is 19.8 Å². The maximum atomic E-state index is 12.0. The van der Waals surface area contributed by atoms with E-state index in [2.05, 4.69) is 16.9 Å². The Morgan fingerprint density at radius 3 is 3.00 bits per heavy atom. The van der Waals surface area contributed by atoms with Crippen molar-refractivity contribution in [3.05, 3.63) is 18.5 Å². The lowest BCUT2D eigenvalue weighted by atomic mass is 10.0. The van der Waals surface area contributed by atoms with Gasteiger partial charge in [0.25, 0.3) is 0 Å². The zero-order chi connectivity index (χ0) is 12.1. The summed E-state index contributed by atoms with van der Waals surface area (Å²) in [6, 6.07) is 1.78. The van der Waals surface area contributed by atoms with E-state index in [9.17, 15) is 4.79 Å². The molecule has 0 aliphatic carbocycles. The topological polar surface area (TPSA) is 46.1 Å². The number of aromatic nitrogens is 2. The number of carbonyl (C=O) groups is 1. The minimum Gasteiger partial charge on any atom is -0.342 e. The summed E-state index contributed by atoms with van der Waals surface area (Å²) in [5.74, 6) is 1.27. The van der Waals surface area contributed by atoms with Crippen LogP contribution < -0.4 is 0 Å². The van der Waals surface area contributed by atoms with Gasteiger partial charge in [0.05, 0.1) is 5.75 Å². The molecule has 17 heavy (non-hydrogen) atoms. The number of rotatable bonds is 3. The molecule has 0 saturated carbocycles. The summed E-state index contributed by atoms with van der Waals surface area (Å²) in [5.41, 5.74) is 0. The quantitative estimate of drug-likeness (QED) is 0.607. The zero-order valence-electron chi connectivity index (χ0n) is 10.0. The highest BCUT2D eigenvalue weighted by atomic mass is 32.2. The highest BCUT2D eigenvalue weighted by Crippen LogP contribution is 2.18. The molecule has 1 aliphatic heterocycles. The van der Waals surface area contributed by atoms with E-state index >= 15 is 0 Å². The minimum absolute atomic E-state index is 0.203. The van der Waals surface area contributed by atoms with E-state index < -0.39 is 0 Å². The van der Waals surface area contributed by atoms with Gasteiger partial charge in [0.15, 0.2) is 5.16 Å². The molecule has 1 fully saturated rings. The molecule has 1 saturated heterocycles. The molecule has 0 aromatic carbocycles. The van der Waals surface area contributed by atoms with E-state index in [1.165, 1.54) is 18.2 Å². The molecular formula is C12H17N3OS. The molecule has 0 bridgehead atoms. The second-order valence-electron chi connectivity index (χ2n) is 4.41. The van der Waals surface area contributed by atoms with Crippen LogP contribution in [-0.4, -0.2) is 39.6 Å². The molecule has 1 atom stereocenters. The summed E-state index contributed by atoms with van der Waals surface area (Å²) in [4.78, 5) is 22.1. The second kappa shape index (κ2) is 6.00. The van der Waals surface area contributed by atoms with E-state index in [4.69, 9.17) is 0 Å². The van der Waals surface area contributed by atoms with Gasteiger partial charge in [-0.25, -0.2) is 9.97 Å². The van der Waals surface area contributed by atoms with Crippen molar-refractivity contribution >= 4 is 17.7 Å². The molecule has 2 rings (SSSR count).